The van der Waals surface area contributed by atoms with Crippen molar-refractivity contribution in [2.45, 2.75) is 13.3 Å². The number of nitrogens with zero attached hydrogens (tertiary/aromatic N) is 4. The van der Waals surface area contributed by atoms with Gasteiger partial charge >= 0.3 is 6.03 Å². The van der Waals surface area contributed by atoms with Crippen LogP contribution in [0.4, 0.5) is 10.5 Å². The molecule has 0 spiro atoms. The molecule has 136 valence electrons. The molecule has 3 rings (SSSR count). The van der Waals surface area contributed by atoms with Crippen LogP contribution in [0.25, 0.3) is 0 Å². The zero-order valence-electron chi connectivity index (χ0n) is 14.5. The standard InChI is InChI=1S/C18H20ClN5O2/c1-13-11-16(21-12-20-13)17(25)23-7-2-8-24(10-9-23)18(26)22-15-5-3-14(19)4-6-15/h3-6,11-12H,2,7-10H2,1H3,(H,22,26). The van der Waals surface area contributed by atoms with Crippen molar-refractivity contribution in [1.29, 1.82) is 0 Å². The van der Waals surface area contributed by atoms with Gasteiger partial charge in [-0.05, 0) is 43.7 Å². The van der Waals surface area contributed by atoms with Gasteiger partial charge in [-0.2, -0.15) is 0 Å². The summed E-state index contributed by atoms with van der Waals surface area (Å²) >= 11 is 5.85. The van der Waals surface area contributed by atoms with Crippen LogP contribution in [0.2, 0.25) is 5.02 Å². The Balaban J connectivity index is 1.59. The van der Waals surface area contributed by atoms with Gasteiger partial charge in [0, 0.05) is 42.6 Å². The third-order valence-corrected chi connectivity index (χ3v) is 4.44. The number of aromatic nitrogens is 2. The Kier molecular flexibility index (Phi) is 5.68. The summed E-state index contributed by atoms with van der Waals surface area (Å²) < 4.78 is 0. The minimum Gasteiger partial charge on any atom is -0.335 e. The Morgan fingerprint density at radius 3 is 2.46 bits per heavy atom. The normalized spacial score (nSPS) is 14.7. The first-order chi connectivity index (χ1) is 12.5. The molecule has 2 aromatic rings. The SMILES string of the molecule is Cc1cc(C(=O)N2CCCN(C(=O)Nc3ccc(Cl)cc3)CC2)ncn1. The number of hydrogen-bond acceptors (Lipinski definition) is 4. The summed E-state index contributed by atoms with van der Waals surface area (Å²) in [5.74, 6) is -0.129. The molecule has 26 heavy (non-hydrogen) atoms. The summed E-state index contributed by atoms with van der Waals surface area (Å²) in [4.78, 5) is 36.6. The number of nitrogens with one attached hydrogen (secondary N) is 1. The highest BCUT2D eigenvalue weighted by atomic mass is 35.5. The number of benzene rings is 1. The van der Waals surface area contributed by atoms with E-state index in [2.05, 4.69) is 15.3 Å². The van der Waals surface area contributed by atoms with Crippen LogP contribution in [0.5, 0.6) is 0 Å². The van der Waals surface area contributed by atoms with E-state index in [1.165, 1.54) is 6.33 Å². The Morgan fingerprint density at radius 2 is 1.73 bits per heavy atom. The van der Waals surface area contributed by atoms with E-state index in [9.17, 15) is 9.59 Å². The topological polar surface area (TPSA) is 78.4 Å². The van der Waals surface area contributed by atoms with Crippen molar-refractivity contribution < 1.29 is 9.59 Å². The fraction of sp³-hybridized carbons (Fsp3) is 0.333. The van der Waals surface area contributed by atoms with Gasteiger partial charge in [-0.25, -0.2) is 14.8 Å². The molecule has 0 atom stereocenters. The quantitative estimate of drug-likeness (QED) is 0.877. The van der Waals surface area contributed by atoms with Crippen molar-refractivity contribution in [3.8, 4) is 0 Å². The lowest BCUT2D eigenvalue weighted by Gasteiger charge is -2.22. The van der Waals surface area contributed by atoms with E-state index < -0.39 is 0 Å². The molecule has 1 saturated heterocycles. The maximum Gasteiger partial charge on any atom is 0.321 e. The largest absolute Gasteiger partial charge is 0.335 e. The van der Waals surface area contributed by atoms with E-state index in [1.807, 2.05) is 6.92 Å². The molecule has 1 aromatic carbocycles. The monoisotopic (exact) mass is 373 g/mol. The lowest BCUT2D eigenvalue weighted by Crippen LogP contribution is -2.39. The van der Waals surface area contributed by atoms with Crippen LogP contribution in [-0.2, 0) is 0 Å². The van der Waals surface area contributed by atoms with Crippen molar-refractivity contribution in [3.63, 3.8) is 0 Å². The van der Waals surface area contributed by atoms with Crippen molar-refractivity contribution >= 4 is 29.2 Å². The molecule has 1 fully saturated rings. The van der Waals surface area contributed by atoms with Crippen LogP contribution in [0.3, 0.4) is 0 Å². The number of anilines is 1. The molecule has 1 aromatic heterocycles. The van der Waals surface area contributed by atoms with Crippen molar-refractivity contribution in [2.75, 3.05) is 31.5 Å². The number of halogens is 1. The third kappa shape index (κ3) is 4.49. The van der Waals surface area contributed by atoms with Crippen LogP contribution in [0.1, 0.15) is 22.6 Å². The van der Waals surface area contributed by atoms with Crippen molar-refractivity contribution in [1.82, 2.24) is 19.8 Å². The predicted octanol–water partition coefficient (Wildman–Crippen LogP) is 2.82. The van der Waals surface area contributed by atoms with Crippen LogP contribution < -0.4 is 5.32 Å². The van der Waals surface area contributed by atoms with Gasteiger partial charge in [-0.3, -0.25) is 4.79 Å². The number of carbonyl (C=O) groups is 2. The summed E-state index contributed by atoms with van der Waals surface area (Å²) in [6.07, 6.45) is 2.11. The minimum absolute atomic E-state index is 0.129. The summed E-state index contributed by atoms with van der Waals surface area (Å²) in [7, 11) is 0. The van der Waals surface area contributed by atoms with Crippen LogP contribution in [-0.4, -0.2) is 57.9 Å². The molecule has 0 saturated carbocycles. The average Bonchev–Trinajstić information content (AvgIpc) is 2.89. The molecule has 0 aliphatic carbocycles. The maximum atomic E-state index is 12.6. The molecule has 1 aliphatic heterocycles. The van der Waals surface area contributed by atoms with Gasteiger partial charge in [0.15, 0.2) is 0 Å². The number of carbonyl (C=O) groups excluding carboxylic acids is 2. The fourth-order valence-electron chi connectivity index (χ4n) is 2.79. The van der Waals surface area contributed by atoms with Crippen molar-refractivity contribution in [2.24, 2.45) is 0 Å². The zero-order valence-corrected chi connectivity index (χ0v) is 15.2. The zero-order chi connectivity index (χ0) is 18.5. The molecule has 0 radical (unpaired) electrons. The minimum atomic E-state index is -0.181. The number of hydrogen-bond donors (Lipinski definition) is 1. The van der Waals surface area contributed by atoms with Gasteiger partial charge in [0.25, 0.3) is 5.91 Å². The number of rotatable bonds is 2. The van der Waals surface area contributed by atoms with E-state index in [0.29, 0.717) is 49.0 Å². The van der Waals surface area contributed by atoms with Gasteiger partial charge < -0.3 is 15.1 Å². The average molecular weight is 374 g/mol. The lowest BCUT2D eigenvalue weighted by molar-refractivity contribution is 0.0756. The first-order valence-corrected chi connectivity index (χ1v) is 8.80. The highest BCUT2D eigenvalue weighted by Gasteiger charge is 2.23. The second-order valence-electron chi connectivity index (χ2n) is 6.11. The van der Waals surface area contributed by atoms with E-state index in [-0.39, 0.29) is 11.9 Å². The second-order valence-corrected chi connectivity index (χ2v) is 6.55. The molecular formula is C18H20ClN5O2. The Labute approximate surface area is 157 Å². The molecule has 0 bridgehead atoms. The van der Waals surface area contributed by atoms with Gasteiger partial charge in [0.2, 0.25) is 0 Å². The molecular weight excluding hydrogens is 354 g/mol. The maximum absolute atomic E-state index is 12.6. The van der Waals surface area contributed by atoms with E-state index in [0.717, 1.165) is 5.69 Å². The smallest absolute Gasteiger partial charge is 0.321 e. The summed E-state index contributed by atoms with van der Waals surface area (Å²) in [6.45, 7) is 3.94. The first-order valence-electron chi connectivity index (χ1n) is 8.42. The fourth-order valence-corrected chi connectivity index (χ4v) is 2.92. The Bertz CT molecular complexity index is 796. The molecule has 1 aliphatic rings. The molecule has 3 amide bonds. The molecule has 0 unspecified atom stereocenters. The van der Waals surface area contributed by atoms with Crippen LogP contribution in [0, 0.1) is 6.92 Å². The van der Waals surface area contributed by atoms with Gasteiger partial charge in [0.1, 0.15) is 12.0 Å². The van der Waals surface area contributed by atoms with Crippen LogP contribution in [0.15, 0.2) is 36.7 Å². The highest BCUT2D eigenvalue weighted by molar-refractivity contribution is 6.30. The van der Waals surface area contributed by atoms with E-state index >= 15 is 0 Å². The summed E-state index contributed by atoms with van der Waals surface area (Å²) in [5.41, 5.74) is 1.83. The van der Waals surface area contributed by atoms with Crippen molar-refractivity contribution in [3.05, 3.63) is 53.1 Å². The highest BCUT2D eigenvalue weighted by Crippen LogP contribution is 2.15. The Hall–Kier alpha value is -2.67. The van der Waals surface area contributed by atoms with Gasteiger partial charge in [0.05, 0.1) is 0 Å². The second kappa shape index (κ2) is 8.14. The number of aryl methyl sites for hydroxylation is 1. The van der Waals surface area contributed by atoms with Gasteiger partial charge in [-0.1, -0.05) is 11.6 Å². The first kappa shape index (κ1) is 18.1. The molecule has 8 heteroatoms. The molecule has 7 nitrogen and oxygen atoms in total. The lowest BCUT2D eigenvalue weighted by atomic mass is 10.3. The third-order valence-electron chi connectivity index (χ3n) is 4.19. The predicted molar refractivity (Wildman–Crippen MR) is 99.3 cm³/mol. The van der Waals surface area contributed by atoms with E-state index in [4.69, 9.17) is 11.6 Å². The van der Waals surface area contributed by atoms with Gasteiger partial charge in [-0.15, -0.1) is 0 Å². The Morgan fingerprint density at radius 1 is 1.04 bits per heavy atom. The van der Waals surface area contributed by atoms with E-state index in [1.54, 1.807) is 40.1 Å². The van der Waals surface area contributed by atoms with Crippen LogP contribution >= 0.6 is 11.6 Å². The number of amides is 3. The number of urea groups is 1. The summed E-state index contributed by atoms with van der Waals surface area (Å²) in [6, 6.07) is 8.46. The molecule has 2 heterocycles. The molecule has 1 N–H and O–H groups in total. The summed E-state index contributed by atoms with van der Waals surface area (Å²) in [5, 5.41) is 3.47.